The molecule has 1 nitrogen and oxygen atoms in total. The van der Waals surface area contributed by atoms with Crippen LogP contribution in [0, 0.1) is 12.8 Å². The standard InChI is InChI=1S/C12H17NS/c1-10-2-4-12(14-10)5-3-11-6-8-13-9-7-11/h2-5,11,13H,6-9H2,1H3. The molecule has 2 rings (SSSR count). The molecule has 0 amide bonds. The molecular weight excluding hydrogens is 190 g/mol. The van der Waals surface area contributed by atoms with Crippen LogP contribution in [0.5, 0.6) is 0 Å². The molecule has 0 unspecified atom stereocenters. The van der Waals surface area contributed by atoms with Crippen molar-refractivity contribution < 1.29 is 0 Å². The number of nitrogens with one attached hydrogen (secondary N) is 1. The van der Waals surface area contributed by atoms with Crippen molar-refractivity contribution >= 4 is 17.4 Å². The Labute approximate surface area is 89.8 Å². The van der Waals surface area contributed by atoms with Gasteiger partial charge in [0, 0.05) is 9.75 Å². The van der Waals surface area contributed by atoms with Crippen LogP contribution in [0.25, 0.3) is 6.08 Å². The van der Waals surface area contributed by atoms with E-state index in [9.17, 15) is 0 Å². The zero-order chi connectivity index (χ0) is 9.80. The van der Waals surface area contributed by atoms with E-state index < -0.39 is 0 Å². The molecule has 0 bridgehead atoms. The topological polar surface area (TPSA) is 12.0 Å². The molecule has 14 heavy (non-hydrogen) atoms. The van der Waals surface area contributed by atoms with Crippen molar-refractivity contribution in [1.82, 2.24) is 5.32 Å². The zero-order valence-corrected chi connectivity index (χ0v) is 9.44. The summed E-state index contributed by atoms with van der Waals surface area (Å²) >= 11 is 1.87. The molecule has 1 saturated heterocycles. The second-order valence-electron chi connectivity index (χ2n) is 3.89. The first kappa shape index (κ1) is 9.94. The second kappa shape index (κ2) is 4.76. The maximum atomic E-state index is 3.39. The molecule has 2 heterocycles. The van der Waals surface area contributed by atoms with E-state index >= 15 is 0 Å². The van der Waals surface area contributed by atoms with Gasteiger partial charge >= 0.3 is 0 Å². The quantitative estimate of drug-likeness (QED) is 0.786. The third-order valence-electron chi connectivity index (χ3n) is 2.68. The minimum absolute atomic E-state index is 0.790. The van der Waals surface area contributed by atoms with Crippen LogP contribution in [0.4, 0.5) is 0 Å². The normalized spacial score (nSPS) is 19.2. The first-order valence-corrected chi connectivity index (χ1v) is 6.11. The van der Waals surface area contributed by atoms with Gasteiger partial charge < -0.3 is 5.32 Å². The van der Waals surface area contributed by atoms with E-state index in [4.69, 9.17) is 0 Å². The van der Waals surface area contributed by atoms with Gasteiger partial charge in [0.05, 0.1) is 0 Å². The van der Waals surface area contributed by atoms with E-state index in [1.54, 1.807) is 0 Å². The maximum absolute atomic E-state index is 3.39. The highest BCUT2D eigenvalue weighted by Gasteiger charge is 2.08. The summed E-state index contributed by atoms with van der Waals surface area (Å²) in [7, 11) is 0. The van der Waals surface area contributed by atoms with Gasteiger partial charge in [-0.2, -0.15) is 0 Å². The molecule has 1 N–H and O–H groups in total. The minimum Gasteiger partial charge on any atom is -0.317 e. The van der Waals surface area contributed by atoms with Crippen LogP contribution < -0.4 is 5.32 Å². The second-order valence-corrected chi connectivity index (χ2v) is 5.21. The number of hydrogen-bond donors (Lipinski definition) is 1. The lowest BCUT2D eigenvalue weighted by Crippen LogP contribution is -2.26. The third kappa shape index (κ3) is 2.69. The van der Waals surface area contributed by atoms with Crippen molar-refractivity contribution in [2.24, 2.45) is 5.92 Å². The van der Waals surface area contributed by atoms with Crippen molar-refractivity contribution in [2.75, 3.05) is 13.1 Å². The fourth-order valence-corrected chi connectivity index (χ4v) is 2.60. The Morgan fingerprint density at radius 1 is 1.36 bits per heavy atom. The average molecular weight is 207 g/mol. The zero-order valence-electron chi connectivity index (χ0n) is 8.62. The highest BCUT2D eigenvalue weighted by atomic mass is 32.1. The van der Waals surface area contributed by atoms with E-state index in [1.807, 2.05) is 11.3 Å². The molecule has 2 heteroatoms. The van der Waals surface area contributed by atoms with E-state index in [2.05, 4.69) is 36.5 Å². The molecule has 0 atom stereocenters. The van der Waals surface area contributed by atoms with Crippen molar-refractivity contribution in [3.8, 4) is 0 Å². The lowest BCUT2D eigenvalue weighted by molar-refractivity contribution is 0.438. The Balaban J connectivity index is 1.92. The molecule has 0 aliphatic carbocycles. The van der Waals surface area contributed by atoms with Crippen molar-refractivity contribution in [3.63, 3.8) is 0 Å². The van der Waals surface area contributed by atoms with Crippen LogP contribution in [0.2, 0.25) is 0 Å². The highest BCUT2D eigenvalue weighted by Crippen LogP contribution is 2.19. The van der Waals surface area contributed by atoms with Gasteiger partial charge in [-0.15, -0.1) is 11.3 Å². The van der Waals surface area contributed by atoms with Crippen molar-refractivity contribution in [1.29, 1.82) is 0 Å². The summed E-state index contributed by atoms with van der Waals surface area (Å²) in [6.07, 6.45) is 7.25. The van der Waals surface area contributed by atoms with Crippen LogP contribution in [0.3, 0.4) is 0 Å². The Morgan fingerprint density at radius 2 is 2.14 bits per heavy atom. The molecule has 1 aromatic rings. The fraction of sp³-hybridized carbons (Fsp3) is 0.500. The summed E-state index contributed by atoms with van der Waals surface area (Å²) in [5.74, 6) is 0.790. The fourth-order valence-electron chi connectivity index (χ4n) is 1.81. The number of rotatable bonds is 2. The lowest BCUT2D eigenvalue weighted by atomic mass is 9.98. The number of hydrogen-bond acceptors (Lipinski definition) is 2. The summed E-state index contributed by atoms with van der Waals surface area (Å²) in [5.41, 5.74) is 0. The Morgan fingerprint density at radius 3 is 2.79 bits per heavy atom. The van der Waals surface area contributed by atoms with E-state index in [1.165, 1.54) is 35.7 Å². The largest absolute Gasteiger partial charge is 0.317 e. The SMILES string of the molecule is Cc1ccc(C=CC2CCNCC2)s1. The summed E-state index contributed by atoms with van der Waals surface area (Å²) < 4.78 is 0. The summed E-state index contributed by atoms with van der Waals surface area (Å²) in [6, 6.07) is 4.39. The predicted octanol–water partition coefficient (Wildman–Crippen LogP) is 3.07. The number of piperidine rings is 1. The van der Waals surface area contributed by atoms with E-state index in [-0.39, 0.29) is 0 Å². The van der Waals surface area contributed by atoms with Gasteiger partial charge in [0.15, 0.2) is 0 Å². The molecule has 0 radical (unpaired) electrons. The van der Waals surface area contributed by atoms with Crippen LogP contribution >= 0.6 is 11.3 Å². The first-order valence-electron chi connectivity index (χ1n) is 5.30. The molecular formula is C12H17NS. The minimum atomic E-state index is 0.790. The molecule has 0 saturated carbocycles. The molecule has 1 aromatic heterocycles. The molecule has 76 valence electrons. The van der Waals surface area contributed by atoms with Gasteiger partial charge in [-0.25, -0.2) is 0 Å². The number of aryl methyl sites for hydroxylation is 1. The number of thiophene rings is 1. The van der Waals surface area contributed by atoms with Gasteiger partial charge in [0.1, 0.15) is 0 Å². The summed E-state index contributed by atoms with van der Waals surface area (Å²) in [6.45, 7) is 4.52. The average Bonchev–Trinajstić information content (AvgIpc) is 2.63. The predicted molar refractivity (Wildman–Crippen MR) is 63.7 cm³/mol. The van der Waals surface area contributed by atoms with E-state index in [0.29, 0.717) is 0 Å². The smallest absolute Gasteiger partial charge is 0.0270 e. The maximum Gasteiger partial charge on any atom is 0.0270 e. The van der Waals surface area contributed by atoms with Crippen molar-refractivity contribution in [3.05, 3.63) is 28.0 Å². The molecule has 0 spiro atoms. The lowest BCUT2D eigenvalue weighted by Gasteiger charge is -2.18. The molecule has 1 fully saturated rings. The Kier molecular flexibility index (Phi) is 3.38. The van der Waals surface area contributed by atoms with Crippen LogP contribution in [-0.2, 0) is 0 Å². The van der Waals surface area contributed by atoms with Crippen LogP contribution in [0.1, 0.15) is 22.6 Å². The van der Waals surface area contributed by atoms with Gasteiger partial charge in [-0.3, -0.25) is 0 Å². The Hall–Kier alpha value is -0.600. The van der Waals surface area contributed by atoms with Crippen molar-refractivity contribution in [2.45, 2.75) is 19.8 Å². The van der Waals surface area contributed by atoms with Gasteiger partial charge in [0.25, 0.3) is 0 Å². The molecule has 0 aromatic carbocycles. The van der Waals surface area contributed by atoms with Gasteiger partial charge in [0.2, 0.25) is 0 Å². The molecule has 1 aliphatic rings. The van der Waals surface area contributed by atoms with E-state index in [0.717, 1.165) is 5.92 Å². The summed E-state index contributed by atoms with van der Waals surface area (Å²) in [5, 5.41) is 3.39. The highest BCUT2D eigenvalue weighted by molar-refractivity contribution is 7.12. The summed E-state index contributed by atoms with van der Waals surface area (Å²) in [4.78, 5) is 2.79. The van der Waals surface area contributed by atoms with Gasteiger partial charge in [-0.05, 0) is 57.0 Å². The third-order valence-corrected chi connectivity index (χ3v) is 3.64. The van der Waals surface area contributed by atoms with Crippen LogP contribution in [-0.4, -0.2) is 13.1 Å². The first-order chi connectivity index (χ1) is 6.84. The Bertz CT molecular complexity index is 308. The number of allylic oxidation sites excluding steroid dienone is 1. The van der Waals surface area contributed by atoms with Crippen LogP contribution in [0.15, 0.2) is 18.2 Å². The monoisotopic (exact) mass is 207 g/mol. The van der Waals surface area contributed by atoms with Gasteiger partial charge in [-0.1, -0.05) is 6.08 Å². The molecule has 1 aliphatic heterocycles.